The lowest BCUT2D eigenvalue weighted by atomic mass is 10.1. The van der Waals surface area contributed by atoms with Gasteiger partial charge in [-0.05, 0) is 43.7 Å². The number of amides is 1. The van der Waals surface area contributed by atoms with Crippen molar-refractivity contribution in [3.8, 4) is 11.5 Å². The third-order valence-electron chi connectivity index (χ3n) is 3.81. The number of carbonyl (C=O) groups excluding carboxylic acids is 2. The van der Waals surface area contributed by atoms with E-state index in [4.69, 9.17) is 14.2 Å². The molecule has 0 unspecified atom stereocenters. The Morgan fingerprint density at radius 1 is 1.20 bits per heavy atom. The van der Waals surface area contributed by atoms with Gasteiger partial charge in [0.15, 0.2) is 11.5 Å². The largest absolute Gasteiger partial charge is 0.485 e. The summed E-state index contributed by atoms with van der Waals surface area (Å²) in [6, 6.07) is 12.2. The van der Waals surface area contributed by atoms with E-state index >= 15 is 0 Å². The van der Waals surface area contributed by atoms with Crippen LogP contribution in [0.15, 0.2) is 42.5 Å². The Kier molecular flexibility index (Phi) is 4.88. The average molecular weight is 341 g/mol. The minimum absolute atomic E-state index is 0.124. The molecular formula is C19H19NO5. The summed E-state index contributed by atoms with van der Waals surface area (Å²) in [4.78, 5) is 24.4. The first-order valence-corrected chi connectivity index (χ1v) is 8.05. The van der Waals surface area contributed by atoms with Crippen LogP contribution in [0.25, 0.3) is 0 Å². The highest BCUT2D eigenvalue weighted by atomic mass is 16.6. The molecular weight excluding hydrogens is 322 g/mol. The number of nitrogens with one attached hydrogen (secondary N) is 1. The predicted molar refractivity (Wildman–Crippen MR) is 92.1 cm³/mol. The van der Waals surface area contributed by atoms with Crippen molar-refractivity contribution in [2.45, 2.75) is 20.0 Å². The molecule has 0 saturated heterocycles. The molecule has 6 heteroatoms. The molecule has 1 amide bonds. The van der Waals surface area contributed by atoms with E-state index < -0.39 is 12.1 Å². The van der Waals surface area contributed by atoms with Crippen LogP contribution >= 0.6 is 0 Å². The zero-order valence-corrected chi connectivity index (χ0v) is 14.1. The molecule has 0 bridgehead atoms. The van der Waals surface area contributed by atoms with Gasteiger partial charge in [0.2, 0.25) is 6.10 Å². The third-order valence-corrected chi connectivity index (χ3v) is 3.81. The molecule has 130 valence electrons. The van der Waals surface area contributed by atoms with Crippen molar-refractivity contribution in [1.29, 1.82) is 0 Å². The van der Waals surface area contributed by atoms with Crippen LogP contribution < -0.4 is 14.8 Å². The van der Waals surface area contributed by atoms with Crippen molar-refractivity contribution in [2.75, 3.05) is 18.5 Å². The Morgan fingerprint density at radius 2 is 1.96 bits per heavy atom. The summed E-state index contributed by atoms with van der Waals surface area (Å²) >= 11 is 0. The van der Waals surface area contributed by atoms with Gasteiger partial charge in [-0.1, -0.05) is 18.2 Å². The molecule has 1 aliphatic heterocycles. The molecule has 0 saturated carbocycles. The van der Waals surface area contributed by atoms with E-state index in [-0.39, 0.29) is 12.5 Å². The van der Waals surface area contributed by atoms with Crippen molar-refractivity contribution >= 4 is 17.6 Å². The Labute approximate surface area is 145 Å². The van der Waals surface area contributed by atoms with Gasteiger partial charge in [0, 0.05) is 5.69 Å². The second kappa shape index (κ2) is 7.25. The minimum Gasteiger partial charge on any atom is -0.485 e. The summed E-state index contributed by atoms with van der Waals surface area (Å²) in [5, 5.41) is 2.80. The van der Waals surface area contributed by atoms with E-state index in [1.54, 1.807) is 37.3 Å². The summed E-state index contributed by atoms with van der Waals surface area (Å²) in [6.07, 6.45) is -0.763. The number of anilines is 1. The van der Waals surface area contributed by atoms with E-state index in [0.717, 1.165) is 5.56 Å². The van der Waals surface area contributed by atoms with Crippen molar-refractivity contribution in [2.24, 2.45) is 0 Å². The predicted octanol–water partition coefficient (Wildman–Crippen LogP) is 2.95. The van der Waals surface area contributed by atoms with Gasteiger partial charge in [0.25, 0.3) is 5.91 Å². The summed E-state index contributed by atoms with van der Waals surface area (Å²) in [5.74, 6) is 0.390. The molecule has 1 atom stereocenters. The number of carbonyl (C=O) groups is 2. The maximum atomic E-state index is 12.5. The number of ether oxygens (including phenoxy) is 3. The SMILES string of the molecule is CCOC(=O)c1ccc(C)c(NC(=O)[C@H]2COc3ccccc3O2)c1. The van der Waals surface area contributed by atoms with Crippen LogP contribution in [-0.2, 0) is 9.53 Å². The fourth-order valence-electron chi connectivity index (χ4n) is 2.46. The first-order valence-electron chi connectivity index (χ1n) is 8.05. The monoisotopic (exact) mass is 341 g/mol. The molecule has 2 aromatic carbocycles. The molecule has 1 N–H and O–H groups in total. The molecule has 0 radical (unpaired) electrons. The van der Waals surface area contributed by atoms with Crippen molar-refractivity contribution in [3.63, 3.8) is 0 Å². The van der Waals surface area contributed by atoms with E-state index in [9.17, 15) is 9.59 Å². The highest BCUT2D eigenvalue weighted by molar-refractivity contribution is 5.97. The molecule has 0 spiro atoms. The van der Waals surface area contributed by atoms with Crippen molar-refractivity contribution in [3.05, 3.63) is 53.6 Å². The van der Waals surface area contributed by atoms with E-state index in [1.807, 2.05) is 19.1 Å². The Morgan fingerprint density at radius 3 is 2.72 bits per heavy atom. The fourth-order valence-corrected chi connectivity index (χ4v) is 2.46. The number of aryl methyl sites for hydroxylation is 1. The number of esters is 1. The summed E-state index contributed by atoms with van der Waals surface area (Å²) in [6.45, 7) is 4.01. The van der Waals surface area contributed by atoms with Crippen molar-refractivity contribution < 1.29 is 23.8 Å². The first-order chi connectivity index (χ1) is 12.1. The van der Waals surface area contributed by atoms with E-state index in [0.29, 0.717) is 29.4 Å². The molecule has 3 rings (SSSR count). The normalized spacial score (nSPS) is 15.4. The van der Waals surface area contributed by atoms with Crippen molar-refractivity contribution in [1.82, 2.24) is 0 Å². The number of hydrogen-bond acceptors (Lipinski definition) is 5. The van der Waals surface area contributed by atoms with Crippen LogP contribution in [0.3, 0.4) is 0 Å². The minimum atomic E-state index is -0.763. The number of benzene rings is 2. The van der Waals surface area contributed by atoms with Crippen LogP contribution in [0.2, 0.25) is 0 Å². The second-order valence-electron chi connectivity index (χ2n) is 5.60. The van der Waals surface area contributed by atoms with Gasteiger partial charge in [-0.3, -0.25) is 4.79 Å². The fraction of sp³-hybridized carbons (Fsp3) is 0.263. The lowest BCUT2D eigenvalue weighted by Gasteiger charge is -2.25. The third kappa shape index (κ3) is 3.74. The molecule has 1 heterocycles. The smallest absolute Gasteiger partial charge is 0.338 e. The van der Waals surface area contributed by atoms with Gasteiger partial charge in [-0.2, -0.15) is 0 Å². The lowest BCUT2D eigenvalue weighted by molar-refractivity contribution is -0.125. The van der Waals surface area contributed by atoms with Crippen LogP contribution in [0.5, 0.6) is 11.5 Å². The average Bonchev–Trinajstić information content (AvgIpc) is 2.63. The van der Waals surface area contributed by atoms with Gasteiger partial charge >= 0.3 is 5.97 Å². The highest BCUT2D eigenvalue weighted by Gasteiger charge is 2.27. The summed E-state index contributed by atoms with van der Waals surface area (Å²) < 4.78 is 16.2. The Bertz CT molecular complexity index is 802. The maximum absolute atomic E-state index is 12.5. The molecule has 0 fully saturated rings. The molecule has 0 aromatic heterocycles. The van der Waals surface area contributed by atoms with Crippen LogP contribution in [0.1, 0.15) is 22.8 Å². The number of hydrogen-bond donors (Lipinski definition) is 1. The first kappa shape index (κ1) is 16.8. The summed E-state index contributed by atoms with van der Waals surface area (Å²) in [5.41, 5.74) is 1.76. The van der Waals surface area contributed by atoms with Gasteiger partial charge in [0.05, 0.1) is 12.2 Å². The van der Waals surface area contributed by atoms with Gasteiger partial charge in [-0.15, -0.1) is 0 Å². The lowest BCUT2D eigenvalue weighted by Crippen LogP contribution is -2.40. The Hall–Kier alpha value is -3.02. The zero-order valence-electron chi connectivity index (χ0n) is 14.1. The quantitative estimate of drug-likeness (QED) is 0.866. The molecule has 1 aliphatic rings. The second-order valence-corrected chi connectivity index (χ2v) is 5.60. The topological polar surface area (TPSA) is 73.9 Å². The van der Waals surface area contributed by atoms with E-state index in [1.165, 1.54) is 0 Å². The molecule has 6 nitrogen and oxygen atoms in total. The van der Waals surface area contributed by atoms with Crippen LogP contribution in [0, 0.1) is 6.92 Å². The highest BCUT2D eigenvalue weighted by Crippen LogP contribution is 2.31. The molecule has 0 aliphatic carbocycles. The summed E-state index contributed by atoms with van der Waals surface area (Å²) in [7, 11) is 0. The van der Waals surface area contributed by atoms with Gasteiger partial charge in [-0.25, -0.2) is 4.79 Å². The number of para-hydroxylation sites is 2. The standard InChI is InChI=1S/C19H19NO5/c1-3-23-19(22)13-9-8-12(2)14(10-13)20-18(21)17-11-24-15-6-4-5-7-16(15)25-17/h4-10,17H,3,11H2,1-2H3,(H,20,21)/t17-/m1/s1. The Balaban J connectivity index is 1.73. The molecule has 25 heavy (non-hydrogen) atoms. The number of rotatable bonds is 4. The van der Waals surface area contributed by atoms with Gasteiger partial charge in [0.1, 0.15) is 6.61 Å². The molecule has 2 aromatic rings. The van der Waals surface area contributed by atoms with Crippen LogP contribution in [0.4, 0.5) is 5.69 Å². The zero-order chi connectivity index (χ0) is 17.8. The van der Waals surface area contributed by atoms with Crippen LogP contribution in [-0.4, -0.2) is 31.2 Å². The van der Waals surface area contributed by atoms with E-state index in [2.05, 4.69) is 5.32 Å². The van der Waals surface area contributed by atoms with Gasteiger partial charge < -0.3 is 19.5 Å². The number of fused-ring (bicyclic) bond motifs is 1. The maximum Gasteiger partial charge on any atom is 0.338 e.